The molecule has 1 aliphatic heterocycles. The van der Waals surface area contributed by atoms with Gasteiger partial charge in [-0.2, -0.15) is 8.78 Å². The largest absolute Gasteiger partial charge is 0.473 e. The number of ketones is 1. The van der Waals surface area contributed by atoms with Gasteiger partial charge in [-0.25, -0.2) is 18.0 Å². The highest BCUT2D eigenvalue weighted by atomic mass is 35.5. The first-order chi connectivity index (χ1) is 17.4. The van der Waals surface area contributed by atoms with Gasteiger partial charge < -0.3 is 14.2 Å². The normalized spacial score (nSPS) is 14.4. The SMILES string of the molecule is Cc1cc(OC(=O)C(C)Oc2c(F)c(F)c(F)c(F)c2F)cc2c1C(=O)/C(=C/c1ccc(Cl)c(Cl)c1)O2. The summed E-state index contributed by atoms with van der Waals surface area (Å²) in [5.74, 6) is -14.7. The number of carbonyl (C=O) groups excluding carboxylic acids is 2. The van der Waals surface area contributed by atoms with Crippen LogP contribution in [0, 0.1) is 36.0 Å². The van der Waals surface area contributed by atoms with Crippen LogP contribution in [-0.2, 0) is 4.79 Å². The second-order valence-corrected chi connectivity index (χ2v) is 8.62. The Bertz CT molecular complexity index is 1480. The number of fused-ring (bicyclic) bond motifs is 1. The van der Waals surface area contributed by atoms with Crippen molar-refractivity contribution >= 4 is 41.0 Å². The maximum Gasteiger partial charge on any atom is 0.352 e. The molecule has 1 atom stereocenters. The zero-order valence-corrected chi connectivity index (χ0v) is 20.2. The summed E-state index contributed by atoms with van der Waals surface area (Å²) in [4.78, 5) is 25.2. The van der Waals surface area contributed by atoms with E-state index in [1.54, 1.807) is 19.1 Å². The molecule has 0 fully saturated rings. The second kappa shape index (κ2) is 10.0. The topological polar surface area (TPSA) is 61.8 Å². The third-order valence-electron chi connectivity index (χ3n) is 5.20. The Morgan fingerprint density at radius 2 is 1.57 bits per heavy atom. The number of hydrogen-bond donors (Lipinski definition) is 0. The van der Waals surface area contributed by atoms with E-state index in [0.717, 1.165) is 6.92 Å². The summed E-state index contributed by atoms with van der Waals surface area (Å²) in [6.45, 7) is 2.53. The molecule has 0 saturated carbocycles. The molecule has 0 aliphatic carbocycles. The summed E-state index contributed by atoms with van der Waals surface area (Å²) in [6, 6.07) is 7.24. The van der Waals surface area contributed by atoms with Crippen LogP contribution in [0.1, 0.15) is 28.4 Å². The average Bonchev–Trinajstić information content (AvgIpc) is 3.16. The Kier molecular flexibility index (Phi) is 7.16. The van der Waals surface area contributed by atoms with Gasteiger partial charge in [0.15, 0.2) is 17.6 Å². The van der Waals surface area contributed by atoms with E-state index < -0.39 is 52.7 Å². The number of carbonyl (C=O) groups is 2. The number of esters is 1. The summed E-state index contributed by atoms with van der Waals surface area (Å²) in [5, 5.41) is 0.595. The predicted molar refractivity (Wildman–Crippen MR) is 123 cm³/mol. The lowest BCUT2D eigenvalue weighted by Crippen LogP contribution is -2.29. The Balaban J connectivity index is 1.54. The van der Waals surface area contributed by atoms with Gasteiger partial charge in [-0.3, -0.25) is 4.79 Å². The summed E-state index contributed by atoms with van der Waals surface area (Å²) < 4.78 is 83.1. The highest BCUT2D eigenvalue weighted by molar-refractivity contribution is 6.42. The molecular formula is C25H13Cl2F5O5. The molecule has 5 nitrogen and oxygen atoms in total. The highest BCUT2D eigenvalue weighted by Gasteiger charge is 2.32. The minimum atomic E-state index is -2.37. The fourth-order valence-corrected chi connectivity index (χ4v) is 3.71. The molecule has 0 amide bonds. The van der Waals surface area contributed by atoms with Crippen LogP contribution in [0.5, 0.6) is 17.2 Å². The highest BCUT2D eigenvalue weighted by Crippen LogP contribution is 2.38. The zero-order valence-electron chi connectivity index (χ0n) is 18.7. The Hall–Kier alpha value is -3.63. The number of ether oxygens (including phenoxy) is 3. The zero-order chi connectivity index (χ0) is 27.2. The van der Waals surface area contributed by atoms with Gasteiger partial charge in [0.2, 0.25) is 34.9 Å². The Labute approximate surface area is 216 Å². The molecule has 4 rings (SSSR count). The van der Waals surface area contributed by atoms with Crippen molar-refractivity contribution in [1.29, 1.82) is 0 Å². The number of aryl methyl sites for hydroxylation is 1. The standard InChI is InChI=1S/C25H13Cl2F5O5/c1-9-5-12(36-25(34)10(2)35-24-21(31)19(29)18(28)20(30)22(24)32)8-15-17(9)23(33)16(37-15)7-11-3-4-13(26)14(27)6-11/h3-8,10H,1-2H3/b16-7-. The quantitative estimate of drug-likeness (QED) is 0.0843. The predicted octanol–water partition coefficient (Wildman–Crippen LogP) is 6.99. The van der Waals surface area contributed by atoms with Crippen LogP contribution < -0.4 is 14.2 Å². The van der Waals surface area contributed by atoms with Crippen LogP contribution in [0.2, 0.25) is 10.0 Å². The summed E-state index contributed by atoms with van der Waals surface area (Å²) in [7, 11) is 0. The first-order valence-corrected chi connectivity index (χ1v) is 11.1. The fraction of sp³-hybridized carbons (Fsp3) is 0.120. The van der Waals surface area contributed by atoms with Crippen LogP contribution in [0.15, 0.2) is 36.1 Å². The number of hydrogen-bond acceptors (Lipinski definition) is 5. The number of Topliss-reactive ketones (excluding diaryl/α,β-unsaturated/α-hetero) is 1. The van der Waals surface area contributed by atoms with Gasteiger partial charge in [-0.15, -0.1) is 0 Å². The lowest BCUT2D eigenvalue weighted by molar-refractivity contribution is -0.141. The van der Waals surface area contributed by atoms with Crippen molar-refractivity contribution in [3.05, 3.63) is 91.9 Å². The van der Waals surface area contributed by atoms with E-state index in [1.165, 1.54) is 24.3 Å². The molecule has 37 heavy (non-hydrogen) atoms. The van der Waals surface area contributed by atoms with E-state index in [2.05, 4.69) is 4.74 Å². The van der Waals surface area contributed by atoms with Crippen molar-refractivity contribution in [2.45, 2.75) is 20.0 Å². The average molecular weight is 559 g/mol. The number of allylic oxidation sites excluding steroid dienone is 1. The van der Waals surface area contributed by atoms with E-state index in [-0.39, 0.29) is 27.8 Å². The first-order valence-electron chi connectivity index (χ1n) is 10.3. The molecule has 1 unspecified atom stereocenters. The fourth-order valence-electron chi connectivity index (χ4n) is 3.40. The maximum absolute atomic E-state index is 13.9. The molecule has 192 valence electrons. The second-order valence-electron chi connectivity index (χ2n) is 7.81. The molecule has 3 aromatic carbocycles. The Morgan fingerprint density at radius 3 is 2.19 bits per heavy atom. The monoisotopic (exact) mass is 558 g/mol. The van der Waals surface area contributed by atoms with Gasteiger partial charge in [-0.05, 0) is 49.2 Å². The third-order valence-corrected chi connectivity index (χ3v) is 5.94. The summed E-state index contributed by atoms with van der Waals surface area (Å²) >= 11 is 11.9. The molecule has 1 aliphatic rings. The van der Waals surface area contributed by atoms with Gasteiger partial charge >= 0.3 is 5.97 Å². The van der Waals surface area contributed by atoms with Gasteiger partial charge in [0.05, 0.1) is 15.6 Å². The molecule has 0 aromatic heterocycles. The smallest absolute Gasteiger partial charge is 0.352 e. The van der Waals surface area contributed by atoms with E-state index >= 15 is 0 Å². The summed E-state index contributed by atoms with van der Waals surface area (Å²) in [6.07, 6.45) is -0.343. The van der Waals surface area contributed by atoms with Crippen LogP contribution in [0.25, 0.3) is 6.08 Å². The molecule has 0 spiro atoms. The lowest BCUT2D eigenvalue weighted by Gasteiger charge is -2.16. The van der Waals surface area contributed by atoms with Crippen molar-refractivity contribution in [2.75, 3.05) is 0 Å². The van der Waals surface area contributed by atoms with Crippen molar-refractivity contribution in [1.82, 2.24) is 0 Å². The van der Waals surface area contributed by atoms with Crippen molar-refractivity contribution in [2.24, 2.45) is 0 Å². The first kappa shape index (κ1) is 26.4. The van der Waals surface area contributed by atoms with Crippen LogP contribution in [-0.4, -0.2) is 17.9 Å². The number of rotatable bonds is 5. The lowest BCUT2D eigenvalue weighted by atomic mass is 10.0. The van der Waals surface area contributed by atoms with Crippen LogP contribution >= 0.6 is 23.2 Å². The van der Waals surface area contributed by atoms with Gasteiger partial charge in [-0.1, -0.05) is 29.3 Å². The van der Waals surface area contributed by atoms with Crippen LogP contribution in [0.3, 0.4) is 0 Å². The maximum atomic E-state index is 13.9. The van der Waals surface area contributed by atoms with Crippen molar-refractivity contribution in [3.63, 3.8) is 0 Å². The van der Waals surface area contributed by atoms with Crippen molar-refractivity contribution in [3.8, 4) is 17.2 Å². The number of halogens is 7. The van der Waals surface area contributed by atoms with E-state index in [1.807, 2.05) is 0 Å². The van der Waals surface area contributed by atoms with E-state index in [4.69, 9.17) is 32.7 Å². The molecule has 0 bridgehead atoms. The number of benzene rings is 3. The Morgan fingerprint density at radius 1 is 0.946 bits per heavy atom. The molecule has 0 saturated heterocycles. The summed E-state index contributed by atoms with van der Waals surface area (Å²) in [5.41, 5.74) is 1.11. The third kappa shape index (κ3) is 4.99. The van der Waals surface area contributed by atoms with Gasteiger partial charge in [0, 0.05) is 6.07 Å². The molecule has 0 N–H and O–H groups in total. The molecule has 0 radical (unpaired) electrons. The van der Waals surface area contributed by atoms with Crippen LogP contribution in [0.4, 0.5) is 22.0 Å². The minimum absolute atomic E-state index is 0.0389. The van der Waals surface area contributed by atoms with Crippen molar-refractivity contribution < 1.29 is 45.8 Å². The van der Waals surface area contributed by atoms with E-state index in [9.17, 15) is 31.5 Å². The molecule has 12 heteroatoms. The molecule has 3 aromatic rings. The van der Waals surface area contributed by atoms with E-state index in [0.29, 0.717) is 16.1 Å². The minimum Gasteiger partial charge on any atom is -0.473 e. The molecular weight excluding hydrogens is 546 g/mol. The van der Waals surface area contributed by atoms with Gasteiger partial charge in [0.25, 0.3) is 0 Å². The van der Waals surface area contributed by atoms with Gasteiger partial charge in [0.1, 0.15) is 11.5 Å². The molecule has 1 heterocycles.